The number of aromatic nitrogens is 6. The molecule has 4 rings (SSSR count). The molecular formula is C21H14N8Pt. The zero-order valence-electron chi connectivity index (χ0n) is 16.0. The molecule has 0 radical (unpaired) electrons. The quantitative estimate of drug-likeness (QED) is 0.350. The molecule has 0 N–H and O–H groups in total. The molecule has 0 atom stereocenters. The van der Waals surface area contributed by atoms with Crippen LogP contribution in [0.5, 0.6) is 0 Å². The average Bonchev–Trinajstić information content (AvgIpc) is 3.43. The maximum Gasteiger partial charge on any atom is 2.00 e. The Hall–Kier alpha value is -3.61. The summed E-state index contributed by atoms with van der Waals surface area (Å²) < 4.78 is 2.91. The van der Waals surface area contributed by atoms with Crippen LogP contribution in [-0.4, -0.2) is 29.5 Å². The van der Waals surface area contributed by atoms with Gasteiger partial charge < -0.3 is 9.53 Å². The summed E-state index contributed by atoms with van der Waals surface area (Å²) >= 11 is 0. The Kier molecular flexibility index (Phi) is 5.91. The van der Waals surface area contributed by atoms with Crippen LogP contribution in [0.25, 0.3) is 16.5 Å². The monoisotopic (exact) mass is 573 g/mol. The van der Waals surface area contributed by atoms with Gasteiger partial charge in [0.05, 0.1) is 23.4 Å². The van der Waals surface area contributed by atoms with Crippen LogP contribution in [0.4, 0.5) is 5.82 Å². The van der Waals surface area contributed by atoms with Gasteiger partial charge in [-0.05, 0) is 43.3 Å². The SMILES string of the molecule is [C-]#[N+]c1c[c-]n(-c2cccc(C(C)(C)c3cccc(-n4[c-]cc(C#N)n4)n3)n2)n1.[Pt+2]. The first-order chi connectivity index (χ1) is 14.0. The molecule has 0 aliphatic rings. The van der Waals surface area contributed by atoms with Crippen molar-refractivity contribution in [2.75, 3.05) is 0 Å². The van der Waals surface area contributed by atoms with Crippen LogP contribution in [0.15, 0.2) is 48.5 Å². The number of pyridine rings is 2. The van der Waals surface area contributed by atoms with Crippen LogP contribution in [0.3, 0.4) is 0 Å². The summed E-state index contributed by atoms with van der Waals surface area (Å²) in [4.78, 5) is 12.7. The van der Waals surface area contributed by atoms with Gasteiger partial charge in [0, 0.05) is 16.8 Å². The molecule has 0 aliphatic heterocycles. The largest absolute Gasteiger partial charge is 2.00 e. The van der Waals surface area contributed by atoms with Gasteiger partial charge in [0.15, 0.2) is 0 Å². The zero-order valence-corrected chi connectivity index (χ0v) is 18.3. The summed E-state index contributed by atoms with van der Waals surface area (Å²) in [6.07, 6.45) is 5.80. The molecule has 0 aliphatic carbocycles. The first-order valence-electron chi connectivity index (χ1n) is 8.70. The third-order valence-electron chi connectivity index (χ3n) is 4.46. The summed E-state index contributed by atoms with van der Waals surface area (Å²) in [7, 11) is 0. The van der Waals surface area contributed by atoms with Gasteiger partial charge in [0.1, 0.15) is 0 Å². The number of nitrogens with zero attached hydrogens (tertiary/aromatic N) is 8. The van der Waals surface area contributed by atoms with Crippen molar-refractivity contribution in [3.05, 3.63) is 89.4 Å². The first-order valence-corrected chi connectivity index (χ1v) is 8.70. The molecule has 8 nitrogen and oxygen atoms in total. The van der Waals surface area contributed by atoms with Gasteiger partial charge in [-0.1, -0.05) is 37.0 Å². The van der Waals surface area contributed by atoms with E-state index in [9.17, 15) is 0 Å². The van der Waals surface area contributed by atoms with E-state index in [0.717, 1.165) is 11.4 Å². The van der Waals surface area contributed by atoms with E-state index in [1.54, 1.807) is 6.07 Å². The second kappa shape index (κ2) is 8.40. The van der Waals surface area contributed by atoms with Crippen LogP contribution in [0.1, 0.15) is 30.9 Å². The van der Waals surface area contributed by atoms with Crippen molar-refractivity contribution in [2.45, 2.75) is 19.3 Å². The normalized spacial score (nSPS) is 10.7. The number of nitriles is 1. The molecule has 30 heavy (non-hydrogen) atoms. The fourth-order valence-corrected chi connectivity index (χ4v) is 2.82. The molecule has 4 aromatic rings. The molecule has 0 bridgehead atoms. The van der Waals surface area contributed by atoms with Crippen molar-refractivity contribution in [1.29, 1.82) is 5.26 Å². The van der Waals surface area contributed by atoms with Crippen molar-refractivity contribution in [1.82, 2.24) is 29.5 Å². The average molecular weight is 573 g/mol. The Morgan fingerprint density at radius 1 is 0.967 bits per heavy atom. The van der Waals surface area contributed by atoms with Crippen molar-refractivity contribution >= 4 is 5.82 Å². The van der Waals surface area contributed by atoms with Gasteiger partial charge in [-0.3, -0.25) is 9.97 Å². The third kappa shape index (κ3) is 3.91. The molecule has 0 fully saturated rings. The smallest absolute Gasteiger partial charge is 0.342 e. The molecule has 0 unspecified atom stereocenters. The van der Waals surface area contributed by atoms with Gasteiger partial charge in [0.25, 0.3) is 0 Å². The van der Waals surface area contributed by atoms with Crippen LogP contribution < -0.4 is 0 Å². The Morgan fingerprint density at radius 2 is 1.53 bits per heavy atom. The summed E-state index contributed by atoms with van der Waals surface area (Å²) in [5.74, 6) is 1.40. The fraction of sp³-hybridized carbons (Fsp3) is 0.143. The first kappa shape index (κ1) is 21.1. The molecule has 0 saturated carbocycles. The minimum atomic E-state index is -0.521. The molecular weight excluding hydrogens is 559 g/mol. The minimum Gasteiger partial charge on any atom is -0.342 e. The van der Waals surface area contributed by atoms with E-state index in [0.29, 0.717) is 11.6 Å². The predicted octanol–water partition coefficient (Wildman–Crippen LogP) is 3.19. The van der Waals surface area contributed by atoms with Crippen LogP contribution in [0, 0.1) is 30.3 Å². The zero-order chi connectivity index (χ0) is 20.4. The van der Waals surface area contributed by atoms with Crippen LogP contribution >= 0.6 is 0 Å². The molecule has 0 spiro atoms. The Labute approximate surface area is 187 Å². The van der Waals surface area contributed by atoms with Gasteiger partial charge >= 0.3 is 26.9 Å². The summed E-state index contributed by atoms with van der Waals surface area (Å²) in [5.41, 5.74) is 1.33. The standard InChI is InChI=1S/C21H14N8.Pt/c1-21(2,16-6-4-8-19(24-16)28-12-10-15(14-22)26-28)17-7-5-9-20(25-17)29-13-11-18(23-3)27-29;/h4-11H,1-2H3;/q-2;+2. The number of hydrogen-bond acceptors (Lipinski definition) is 5. The van der Waals surface area contributed by atoms with Gasteiger partial charge in [0.2, 0.25) is 0 Å². The maximum absolute atomic E-state index is 8.97. The molecule has 9 heteroatoms. The summed E-state index contributed by atoms with van der Waals surface area (Å²) in [6, 6.07) is 16.2. The molecule has 0 saturated heterocycles. The van der Waals surface area contributed by atoms with Gasteiger partial charge in [-0.2, -0.15) is 0 Å². The number of hydrogen-bond donors (Lipinski definition) is 0. The van der Waals surface area contributed by atoms with E-state index in [-0.39, 0.29) is 32.6 Å². The van der Waals surface area contributed by atoms with Crippen LogP contribution in [0.2, 0.25) is 0 Å². The van der Waals surface area contributed by atoms with E-state index in [1.807, 2.05) is 50.2 Å². The van der Waals surface area contributed by atoms with Gasteiger partial charge in [-0.25, -0.2) is 15.0 Å². The maximum atomic E-state index is 8.97. The van der Waals surface area contributed by atoms with Crippen molar-refractivity contribution in [3.63, 3.8) is 0 Å². The second-order valence-electron chi connectivity index (χ2n) is 6.72. The summed E-state index contributed by atoms with van der Waals surface area (Å²) in [5, 5.41) is 17.3. The Balaban J connectivity index is 0.00000256. The fourth-order valence-electron chi connectivity index (χ4n) is 2.82. The molecule has 148 valence electrons. The van der Waals surface area contributed by atoms with Crippen molar-refractivity contribution in [3.8, 4) is 17.7 Å². The van der Waals surface area contributed by atoms with E-state index >= 15 is 0 Å². The molecule has 0 amide bonds. The third-order valence-corrected chi connectivity index (χ3v) is 4.46. The van der Waals surface area contributed by atoms with E-state index < -0.39 is 5.41 Å². The Morgan fingerprint density at radius 3 is 2.03 bits per heavy atom. The van der Waals surface area contributed by atoms with Crippen molar-refractivity contribution in [2.24, 2.45) is 0 Å². The van der Waals surface area contributed by atoms with Crippen LogP contribution in [-0.2, 0) is 26.5 Å². The molecule has 4 aromatic heterocycles. The topological polar surface area (TPSA) is 89.6 Å². The molecule has 0 aromatic carbocycles. The second-order valence-corrected chi connectivity index (χ2v) is 6.72. The summed E-state index contributed by atoms with van der Waals surface area (Å²) in [6.45, 7) is 11.1. The minimum absolute atomic E-state index is 0. The van der Waals surface area contributed by atoms with E-state index in [4.69, 9.17) is 21.8 Å². The van der Waals surface area contributed by atoms with E-state index in [1.165, 1.54) is 21.5 Å². The predicted molar refractivity (Wildman–Crippen MR) is 103 cm³/mol. The number of rotatable bonds is 4. The van der Waals surface area contributed by atoms with E-state index in [2.05, 4.69) is 27.4 Å². The van der Waals surface area contributed by atoms with Crippen molar-refractivity contribution < 1.29 is 21.1 Å². The Bertz CT molecular complexity index is 1170. The van der Waals surface area contributed by atoms with Gasteiger partial charge in [-0.15, -0.1) is 6.07 Å². The molecule has 4 heterocycles.